The van der Waals surface area contributed by atoms with Gasteiger partial charge in [-0.25, -0.2) is 4.79 Å². The molecular formula is C12H21N3O4. The van der Waals surface area contributed by atoms with Crippen molar-refractivity contribution in [2.75, 3.05) is 26.2 Å². The molecule has 7 heteroatoms. The molecule has 1 aliphatic rings. The van der Waals surface area contributed by atoms with Crippen LogP contribution in [0.25, 0.3) is 0 Å². The van der Waals surface area contributed by atoms with Crippen LogP contribution in [0.4, 0.5) is 0 Å². The van der Waals surface area contributed by atoms with Crippen LogP contribution in [0.2, 0.25) is 0 Å². The van der Waals surface area contributed by atoms with Crippen LogP contribution in [0, 0.1) is 0 Å². The number of carboxylic acids is 1. The second-order valence-electron chi connectivity index (χ2n) is 4.63. The van der Waals surface area contributed by atoms with Crippen LogP contribution in [0.15, 0.2) is 0 Å². The molecule has 1 aliphatic heterocycles. The SMILES string of the molecule is CC(=O)NC(CNCCC(=O)N1CCCC1)C(=O)O. The Labute approximate surface area is 112 Å². The molecular weight excluding hydrogens is 250 g/mol. The van der Waals surface area contributed by atoms with E-state index < -0.39 is 12.0 Å². The Balaban J connectivity index is 2.19. The normalized spacial score (nSPS) is 16.2. The highest BCUT2D eigenvalue weighted by Crippen LogP contribution is 2.08. The zero-order chi connectivity index (χ0) is 14.3. The van der Waals surface area contributed by atoms with E-state index in [1.807, 2.05) is 4.90 Å². The molecule has 0 aromatic heterocycles. The van der Waals surface area contributed by atoms with Gasteiger partial charge in [0.25, 0.3) is 0 Å². The summed E-state index contributed by atoms with van der Waals surface area (Å²) in [6, 6.07) is -0.959. The summed E-state index contributed by atoms with van der Waals surface area (Å²) in [4.78, 5) is 35.2. The van der Waals surface area contributed by atoms with E-state index in [-0.39, 0.29) is 18.4 Å². The summed E-state index contributed by atoms with van der Waals surface area (Å²) >= 11 is 0. The molecule has 0 spiro atoms. The molecule has 1 heterocycles. The molecule has 0 aromatic rings. The summed E-state index contributed by atoms with van der Waals surface area (Å²) in [6.45, 7) is 3.44. The highest BCUT2D eigenvalue weighted by molar-refractivity contribution is 5.82. The summed E-state index contributed by atoms with van der Waals surface area (Å²) in [5.41, 5.74) is 0. The number of likely N-dealkylation sites (tertiary alicyclic amines) is 1. The number of nitrogens with one attached hydrogen (secondary N) is 2. The summed E-state index contributed by atoms with van der Waals surface area (Å²) in [5, 5.41) is 14.1. The largest absolute Gasteiger partial charge is 0.480 e. The van der Waals surface area contributed by atoms with Gasteiger partial charge in [-0.15, -0.1) is 0 Å². The van der Waals surface area contributed by atoms with Crippen molar-refractivity contribution in [3.05, 3.63) is 0 Å². The monoisotopic (exact) mass is 271 g/mol. The van der Waals surface area contributed by atoms with E-state index in [0.29, 0.717) is 13.0 Å². The van der Waals surface area contributed by atoms with E-state index in [9.17, 15) is 14.4 Å². The summed E-state index contributed by atoms with van der Waals surface area (Å²) in [6.07, 6.45) is 2.47. The van der Waals surface area contributed by atoms with E-state index >= 15 is 0 Å². The fourth-order valence-electron chi connectivity index (χ4n) is 2.01. The van der Waals surface area contributed by atoms with Crippen LogP contribution in [0.5, 0.6) is 0 Å². The molecule has 1 fully saturated rings. The average Bonchev–Trinajstić information content (AvgIpc) is 2.85. The lowest BCUT2D eigenvalue weighted by molar-refractivity contribution is -0.141. The van der Waals surface area contributed by atoms with Gasteiger partial charge in [0, 0.05) is 39.5 Å². The molecule has 3 N–H and O–H groups in total. The first kappa shape index (κ1) is 15.4. The van der Waals surface area contributed by atoms with Gasteiger partial charge in [0.05, 0.1) is 0 Å². The second-order valence-corrected chi connectivity index (χ2v) is 4.63. The lowest BCUT2D eigenvalue weighted by Crippen LogP contribution is -2.47. The molecule has 0 aromatic carbocycles. The Morgan fingerprint density at radius 2 is 1.89 bits per heavy atom. The second kappa shape index (κ2) is 7.73. The number of aliphatic carboxylic acids is 1. The Bertz CT molecular complexity index is 340. The van der Waals surface area contributed by atoms with E-state index in [4.69, 9.17) is 5.11 Å². The zero-order valence-electron chi connectivity index (χ0n) is 11.1. The third-order valence-corrected chi connectivity index (χ3v) is 3.00. The number of hydrogen-bond acceptors (Lipinski definition) is 4. The lowest BCUT2D eigenvalue weighted by Gasteiger charge is -2.16. The van der Waals surface area contributed by atoms with Gasteiger partial charge < -0.3 is 20.6 Å². The van der Waals surface area contributed by atoms with Crippen molar-refractivity contribution in [2.24, 2.45) is 0 Å². The minimum absolute atomic E-state index is 0.0939. The molecule has 1 saturated heterocycles. The number of nitrogens with zero attached hydrogens (tertiary/aromatic N) is 1. The zero-order valence-corrected chi connectivity index (χ0v) is 11.1. The molecule has 0 aliphatic carbocycles. The maximum atomic E-state index is 11.7. The highest BCUT2D eigenvalue weighted by atomic mass is 16.4. The molecule has 0 radical (unpaired) electrons. The average molecular weight is 271 g/mol. The third-order valence-electron chi connectivity index (χ3n) is 3.00. The van der Waals surface area contributed by atoms with Gasteiger partial charge in [-0.3, -0.25) is 9.59 Å². The maximum absolute atomic E-state index is 11.7. The standard InChI is InChI=1S/C12H21N3O4/c1-9(16)14-10(12(18)19)8-13-5-4-11(17)15-6-2-3-7-15/h10,13H,2-8H2,1H3,(H,14,16)(H,18,19). The Hall–Kier alpha value is -1.63. The van der Waals surface area contributed by atoms with E-state index in [1.54, 1.807) is 0 Å². The van der Waals surface area contributed by atoms with Gasteiger partial charge in [0.15, 0.2) is 0 Å². The number of hydrogen-bond donors (Lipinski definition) is 3. The predicted octanol–water partition coefficient (Wildman–Crippen LogP) is -0.822. The summed E-state index contributed by atoms with van der Waals surface area (Å²) in [5.74, 6) is -1.38. The Morgan fingerprint density at radius 3 is 2.42 bits per heavy atom. The van der Waals surface area contributed by atoms with Crippen LogP contribution in [0.1, 0.15) is 26.2 Å². The number of amides is 2. The van der Waals surface area contributed by atoms with Gasteiger partial charge in [0.1, 0.15) is 6.04 Å². The highest BCUT2D eigenvalue weighted by Gasteiger charge is 2.19. The van der Waals surface area contributed by atoms with Crippen molar-refractivity contribution in [1.29, 1.82) is 0 Å². The molecule has 7 nitrogen and oxygen atoms in total. The number of carbonyl (C=O) groups is 3. The fourth-order valence-corrected chi connectivity index (χ4v) is 2.01. The van der Waals surface area contributed by atoms with Crippen molar-refractivity contribution in [2.45, 2.75) is 32.2 Å². The van der Waals surface area contributed by atoms with E-state index in [1.165, 1.54) is 6.92 Å². The van der Waals surface area contributed by atoms with Gasteiger partial charge in [-0.2, -0.15) is 0 Å². The molecule has 2 amide bonds. The first-order valence-electron chi connectivity index (χ1n) is 6.49. The topological polar surface area (TPSA) is 98.7 Å². The van der Waals surface area contributed by atoms with Crippen LogP contribution >= 0.6 is 0 Å². The summed E-state index contributed by atoms with van der Waals surface area (Å²) < 4.78 is 0. The molecule has 0 bridgehead atoms. The van der Waals surface area contributed by atoms with Crippen molar-refractivity contribution in [3.8, 4) is 0 Å². The first-order chi connectivity index (χ1) is 9.00. The lowest BCUT2D eigenvalue weighted by atomic mass is 10.2. The van der Waals surface area contributed by atoms with Crippen LogP contribution in [0.3, 0.4) is 0 Å². The van der Waals surface area contributed by atoms with Crippen molar-refractivity contribution < 1.29 is 19.5 Å². The van der Waals surface area contributed by atoms with E-state index in [0.717, 1.165) is 25.9 Å². The van der Waals surface area contributed by atoms with Gasteiger partial charge in [-0.1, -0.05) is 0 Å². The van der Waals surface area contributed by atoms with Gasteiger partial charge >= 0.3 is 5.97 Å². The number of carbonyl (C=O) groups excluding carboxylic acids is 2. The molecule has 0 saturated carbocycles. The molecule has 19 heavy (non-hydrogen) atoms. The minimum atomic E-state index is -1.09. The van der Waals surface area contributed by atoms with Crippen LogP contribution in [-0.4, -0.2) is 60.0 Å². The van der Waals surface area contributed by atoms with Crippen molar-refractivity contribution >= 4 is 17.8 Å². The van der Waals surface area contributed by atoms with Gasteiger partial charge in [-0.05, 0) is 12.8 Å². The summed E-state index contributed by atoms with van der Waals surface area (Å²) in [7, 11) is 0. The number of rotatable bonds is 7. The minimum Gasteiger partial charge on any atom is -0.480 e. The molecule has 1 unspecified atom stereocenters. The van der Waals surface area contributed by atoms with Gasteiger partial charge in [0.2, 0.25) is 11.8 Å². The molecule has 108 valence electrons. The molecule has 1 rings (SSSR count). The van der Waals surface area contributed by atoms with E-state index in [2.05, 4.69) is 10.6 Å². The quantitative estimate of drug-likeness (QED) is 0.525. The Morgan fingerprint density at radius 1 is 1.26 bits per heavy atom. The fraction of sp³-hybridized carbons (Fsp3) is 0.750. The smallest absolute Gasteiger partial charge is 0.327 e. The van der Waals surface area contributed by atoms with Crippen molar-refractivity contribution in [3.63, 3.8) is 0 Å². The third kappa shape index (κ3) is 5.69. The van der Waals surface area contributed by atoms with Crippen LogP contribution < -0.4 is 10.6 Å². The predicted molar refractivity (Wildman–Crippen MR) is 68.5 cm³/mol. The molecule has 1 atom stereocenters. The maximum Gasteiger partial charge on any atom is 0.327 e. The Kier molecular flexibility index (Phi) is 6.27. The first-order valence-corrected chi connectivity index (χ1v) is 6.49. The van der Waals surface area contributed by atoms with Crippen molar-refractivity contribution in [1.82, 2.24) is 15.5 Å². The number of carboxylic acid groups (broad SMARTS) is 1. The van der Waals surface area contributed by atoms with Crippen LogP contribution in [-0.2, 0) is 14.4 Å².